The molecule has 0 spiro atoms. The van der Waals surface area contributed by atoms with Crippen molar-refractivity contribution in [1.82, 2.24) is 0 Å². The number of aryl methyl sites for hydroxylation is 2. The molecule has 1 aliphatic carbocycles. The van der Waals surface area contributed by atoms with Crippen molar-refractivity contribution in [2.45, 2.75) is 32.1 Å². The Morgan fingerprint density at radius 1 is 0.464 bits per heavy atom. The lowest BCUT2D eigenvalue weighted by atomic mass is 9.80. The van der Waals surface area contributed by atoms with Crippen molar-refractivity contribution in [3.63, 3.8) is 0 Å². The molecule has 56 heavy (non-hydrogen) atoms. The molecule has 3 heteroatoms. The van der Waals surface area contributed by atoms with Crippen LogP contribution in [0.5, 0.6) is 0 Å². The van der Waals surface area contributed by atoms with Gasteiger partial charge in [-0.05, 0) is 111 Å². The zero-order chi connectivity index (χ0) is 37.4. The van der Waals surface area contributed by atoms with Crippen molar-refractivity contribution in [2.75, 3.05) is 4.90 Å². The van der Waals surface area contributed by atoms with Gasteiger partial charge in [0.05, 0.1) is 4.01 Å². The lowest BCUT2D eigenvalue weighted by Gasteiger charge is -2.28. The largest absolute Gasteiger partial charge is 0.310 e. The van der Waals surface area contributed by atoms with E-state index in [2.05, 4.69) is 195 Å². The zero-order valence-electron chi connectivity index (χ0n) is 31.4. The van der Waals surface area contributed by atoms with E-state index < -0.39 is 0 Å². The molecular weight excluding hydrogens is 715 g/mol. The third kappa shape index (κ3) is 5.26. The van der Waals surface area contributed by atoms with Crippen LogP contribution in [0, 0.1) is 0 Å². The van der Waals surface area contributed by atoms with Gasteiger partial charge >= 0.3 is 0 Å². The minimum atomic E-state index is -0.0529. The molecule has 2 aromatic heterocycles. The maximum Gasteiger partial charge on any atom is 0.0890 e. The molecule has 0 fully saturated rings. The van der Waals surface area contributed by atoms with Gasteiger partial charge in [0.1, 0.15) is 0 Å². The summed E-state index contributed by atoms with van der Waals surface area (Å²) in [6.45, 7) is 4.79. The molecule has 0 amide bonds. The molecule has 0 aliphatic heterocycles. The summed E-state index contributed by atoms with van der Waals surface area (Å²) in [5, 5.41) is 6.78. The lowest BCUT2D eigenvalue weighted by Crippen LogP contribution is -2.15. The van der Waals surface area contributed by atoms with Crippen LogP contribution in [-0.2, 0) is 18.3 Å². The van der Waals surface area contributed by atoms with Gasteiger partial charge in [0.2, 0.25) is 0 Å². The fourth-order valence-corrected chi connectivity index (χ4v) is 11.9. The highest BCUT2D eigenvalue weighted by Gasteiger charge is 2.36. The maximum absolute atomic E-state index is 2.53. The Balaban J connectivity index is 1.06. The van der Waals surface area contributed by atoms with Gasteiger partial charge in [-0.15, -0.1) is 22.7 Å². The van der Waals surface area contributed by atoms with E-state index in [1.54, 1.807) is 0 Å². The summed E-state index contributed by atoms with van der Waals surface area (Å²) in [5.74, 6) is 0. The van der Waals surface area contributed by atoms with Crippen molar-refractivity contribution in [3.05, 3.63) is 198 Å². The first-order valence-corrected chi connectivity index (χ1v) is 21.2. The first-order valence-electron chi connectivity index (χ1n) is 19.6. The van der Waals surface area contributed by atoms with Gasteiger partial charge in [-0.1, -0.05) is 147 Å². The second-order valence-corrected chi connectivity index (χ2v) is 18.0. The zero-order valence-corrected chi connectivity index (χ0v) is 33.1. The minimum Gasteiger partial charge on any atom is -0.310 e. The Kier molecular flexibility index (Phi) is 7.77. The highest BCUT2D eigenvalue weighted by molar-refractivity contribution is 7.44. The molecule has 0 saturated heterocycles. The number of nitrogens with zero attached hydrogens (tertiary/aromatic N) is 1. The Hall–Kier alpha value is -6.00. The minimum absolute atomic E-state index is 0.0529. The van der Waals surface area contributed by atoms with Gasteiger partial charge in [0.15, 0.2) is 0 Å². The molecule has 11 rings (SSSR count). The first-order chi connectivity index (χ1) is 27.5. The summed E-state index contributed by atoms with van der Waals surface area (Å²) in [6.07, 6.45) is 1.86. The fraction of sp³-hybridized carbons (Fsp3) is 0.0943. The van der Waals surface area contributed by atoms with Gasteiger partial charge in [0.25, 0.3) is 0 Å². The van der Waals surface area contributed by atoms with Crippen LogP contribution in [0.25, 0.3) is 62.6 Å². The van der Waals surface area contributed by atoms with Crippen LogP contribution in [0.3, 0.4) is 0 Å². The number of benzene rings is 8. The predicted octanol–water partition coefficient (Wildman–Crippen LogP) is 15.7. The molecule has 0 atom stereocenters. The number of hydrogen-bond donors (Lipinski definition) is 0. The van der Waals surface area contributed by atoms with E-state index in [-0.39, 0.29) is 5.41 Å². The van der Waals surface area contributed by atoms with E-state index in [0.717, 1.165) is 18.5 Å². The quantitative estimate of drug-likeness (QED) is 0.157. The molecule has 2 heterocycles. The Labute approximate surface area is 335 Å². The molecule has 0 unspecified atom stereocenters. The Morgan fingerprint density at radius 2 is 1.12 bits per heavy atom. The van der Waals surface area contributed by atoms with E-state index in [4.69, 9.17) is 0 Å². The number of fused-ring (bicyclic) bond motifs is 10. The molecule has 0 N–H and O–H groups in total. The summed E-state index contributed by atoms with van der Waals surface area (Å²) in [7, 11) is 0. The van der Waals surface area contributed by atoms with Crippen LogP contribution in [0.2, 0.25) is 0 Å². The third-order valence-corrected chi connectivity index (χ3v) is 14.5. The number of rotatable bonds is 7. The summed E-state index contributed by atoms with van der Waals surface area (Å²) in [5.41, 5.74) is 14.3. The van der Waals surface area contributed by atoms with Gasteiger partial charge in [0, 0.05) is 48.0 Å². The van der Waals surface area contributed by atoms with Crippen molar-refractivity contribution in [1.29, 1.82) is 0 Å². The number of para-hydroxylation sites is 1. The van der Waals surface area contributed by atoms with Gasteiger partial charge < -0.3 is 4.90 Å². The molecule has 0 radical (unpaired) electrons. The highest BCUT2D eigenvalue weighted by atomic mass is 32.2. The summed E-state index contributed by atoms with van der Waals surface area (Å²) >= 11 is 3.82. The average Bonchev–Trinajstić information content (AvgIpc) is 3.86. The fourth-order valence-electron chi connectivity index (χ4n) is 9.31. The highest BCUT2D eigenvalue weighted by Crippen LogP contribution is 2.52. The standard InChI is InChI=1S/C53H39NS2/c1-53(2)45-24-11-9-22-42(45)50-41-21-8-7-20-40(41)37(32-46(50)53)28-27-35-17-6-12-25-47(35)54(38-19-14-18-36(31-38)34-15-4-3-5-16-34)39-29-30-49-44(33-39)51-43-23-10-13-26-48(43)55-52(51)56-49/h3-26,29-33H,27-28H2,1-2H3. The van der Waals surface area contributed by atoms with Crippen molar-refractivity contribution >= 4 is 80.1 Å². The lowest BCUT2D eigenvalue weighted by molar-refractivity contribution is 0.659. The second kappa shape index (κ2) is 13.1. The van der Waals surface area contributed by atoms with Crippen molar-refractivity contribution in [2.24, 2.45) is 0 Å². The molecule has 0 bridgehead atoms. The first kappa shape index (κ1) is 33.3. The second-order valence-electron chi connectivity index (χ2n) is 15.6. The number of anilines is 3. The van der Waals surface area contributed by atoms with E-state index in [9.17, 15) is 0 Å². The van der Waals surface area contributed by atoms with Gasteiger partial charge in [-0.2, -0.15) is 0 Å². The number of hydrogen-bond acceptors (Lipinski definition) is 3. The molecule has 10 aromatic rings. The normalized spacial score (nSPS) is 13.1. The molecule has 1 nitrogen and oxygen atoms in total. The van der Waals surface area contributed by atoms with Gasteiger partial charge in [-0.3, -0.25) is 0 Å². The van der Waals surface area contributed by atoms with E-state index >= 15 is 0 Å². The van der Waals surface area contributed by atoms with Crippen molar-refractivity contribution in [3.8, 4) is 22.3 Å². The van der Waals surface area contributed by atoms with E-state index in [1.165, 1.54) is 96.2 Å². The summed E-state index contributed by atoms with van der Waals surface area (Å²) in [6, 6.07) is 65.4. The maximum atomic E-state index is 2.53. The topological polar surface area (TPSA) is 3.24 Å². The summed E-state index contributed by atoms with van der Waals surface area (Å²) < 4.78 is 4.08. The van der Waals surface area contributed by atoms with Crippen LogP contribution >= 0.6 is 22.7 Å². The SMILES string of the molecule is CC1(C)c2ccccc2-c2c1cc(CCc1ccccc1N(c1cccc(-c3ccccc3)c1)c1ccc3sc4sc5ccccc5c4c3c1)c1ccccc21. The average molecular weight is 754 g/mol. The molecule has 8 aromatic carbocycles. The monoisotopic (exact) mass is 753 g/mol. The number of thiophene rings is 2. The van der Waals surface area contributed by atoms with E-state index in [1.807, 2.05) is 22.7 Å². The van der Waals surface area contributed by atoms with Gasteiger partial charge in [-0.25, -0.2) is 0 Å². The van der Waals surface area contributed by atoms with Crippen LogP contribution < -0.4 is 4.90 Å². The smallest absolute Gasteiger partial charge is 0.0890 e. The van der Waals surface area contributed by atoms with Crippen LogP contribution in [0.15, 0.2) is 176 Å². The summed E-state index contributed by atoms with van der Waals surface area (Å²) in [4.78, 5) is 2.50. The molecule has 0 saturated carbocycles. The van der Waals surface area contributed by atoms with E-state index in [0.29, 0.717) is 0 Å². The Bertz CT molecular complexity index is 3130. The predicted molar refractivity (Wildman–Crippen MR) is 244 cm³/mol. The Morgan fingerprint density at radius 3 is 2.00 bits per heavy atom. The third-order valence-electron chi connectivity index (χ3n) is 12.0. The molecular formula is C53H39NS2. The molecule has 268 valence electrons. The van der Waals surface area contributed by atoms with Crippen LogP contribution in [0.4, 0.5) is 17.1 Å². The van der Waals surface area contributed by atoms with Crippen LogP contribution in [-0.4, -0.2) is 0 Å². The van der Waals surface area contributed by atoms with Crippen molar-refractivity contribution < 1.29 is 0 Å². The van der Waals surface area contributed by atoms with Crippen LogP contribution in [0.1, 0.15) is 36.1 Å². The molecule has 1 aliphatic rings.